The molecule has 11 heteroatoms. The van der Waals surface area contributed by atoms with Crippen molar-refractivity contribution in [1.29, 1.82) is 0 Å². The lowest BCUT2D eigenvalue weighted by Crippen LogP contribution is -2.28. The van der Waals surface area contributed by atoms with Crippen molar-refractivity contribution in [3.63, 3.8) is 0 Å². The summed E-state index contributed by atoms with van der Waals surface area (Å²) >= 11 is 7.29. The van der Waals surface area contributed by atoms with Gasteiger partial charge < -0.3 is 4.90 Å². The van der Waals surface area contributed by atoms with Gasteiger partial charge in [0.25, 0.3) is 20.2 Å². The van der Waals surface area contributed by atoms with Gasteiger partial charge in [-0.25, -0.2) is 0 Å². The minimum absolute atomic E-state index is 0.168. The van der Waals surface area contributed by atoms with Gasteiger partial charge in [-0.3, -0.25) is 9.11 Å². The third kappa shape index (κ3) is 7.91. The molecule has 2 aliphatic heterocycles. The average Bonchev–Trinajstić information content (AvgIpc) is 3.51. The molecule has 1 aliphatic carbocycles. The number of benzene rings is 4. The largest absolute Gasteiger partial charge is 0.344 e. The first-order valence-corrected chi connectivity index (χ1v) is 23.3. The lowest BCUT2D eigenvalue weighted by molar-refractivity contribution is -0.438. The molecule has 4 aromatic rings. The second-order valence-corrected chi connectivity index (χ2v) is 19.9. The Labute approximate surface area is 342 Å². The number of hydrogen-bond acceptors (Lipinski definition) is 5. The molecular weight excluding hydrogens is 776 g/mol. The lowest BCUT2D eigenvalue weighted by Gasteiger charge is -2.27. The van der Waals surface area contributed by atoms with Crippen molar-refractivity contribution in [1.82, 2.24) is 0 Å². The molecule has 0 aromatic heterocycles. The van der Waals surface area contributed by atoms with Crippen LogP contribution in [0.15, 0.2) is 118 Å². The van der Waals surface area contributed by atoms with E-state index in [1.807, 2.05) is 12.1 Å². The highest BCUT2D eigenvalue weighted by Crippen LogP contribution is 2.51. The average molecular weight is 829 g/mol. The number of hydrogen-bond donors (Lipinski definition) is 2. The van der Waals surface area contributed by atoms with E-state index in [1.54, 1.807) is 6.07 Å². The molecule has 57 heavy (non-hydrogen) atoms. The van der Waals surface area contributed by atoms with E-state index in [9.17, 15) is 25.9 Å². The van der Waals surface area contributed by atoms with Gasteiger partial charge in [-0.15, -0.1) is 0 Å². The molecule has 7 rings (SSSR count). The number of anilines is 1. The Morgan fingerprint density at radius 1 is 0.807 bits per heavy atom. The Morgan fingerprint density at radius 3 is 2.28 bits per heavy atom. The van der Waals surface area contributed by atoms with Crippen molar-refractivity contribution >= 4 is 70.5 Å². The summed E-state index contributed by atoms with van der Waals surface area (Å²) in [7, 11) is -8.47. The monoisotopic (exact) mass is 827 g/mol. The molecule has 0 bridgehead atoms. The molecule has 0 saturated carbocycles. The Kier molecular flexibility index (Phi) is 11.3. The first-order valence-electron chi connectivity index (χ1n) is 19.9. The Bertz CT molecular complexity index is 2670. The van der Waals surface area contributed by atoms with Crippen LogP contribution in [0.4, 0.5) is 11.4 Å². The van der Waals surface area contributed by atoms with E-state index in [4.69, 9.17) is 11.6 Å². The van der Waals surface area contributed by atoms with Crippen LogP contribution in [-0.2, 0) is 31.1 Å². The highest BCUT2D eigenvalue weighted by Gasteiger charge is 2.45. The number of halogens is 1. The third-order valence-corrected chi connectivity index (χ3v) is 14.1. The highest BCUT2D eigenvalue weighted by molar-refractivity contribution is 7.86. The zero-order chi connectivity index (χ0) is 40.9. The molecular formula is C46H52ClN2O6S2+. The molecule has 0 fully saturated rings. The molecule has 2 heterocycles. The summed E-state index contributed by atoms with van der Waals surface area (Å²) in [6, 6.07) is 21.6. The predicted octanol–water partition coefficient (Wildman–Crippen LogP) is 10.9. The van der Waals surface area contributed by atoms with Crippen LogP contribution in [0.3, 0.4) is 0 Å². The van der Waals surface area contributed by atoms with Crippen LogP contribution >= 0.6 is 11.6 Å². The van der Waals surface area contributed by atoms with Crippen molar-refractivity contribution in [3.8, 4) is 0 Å². The lowest BCUT2D eigenvalue weighted by atomic mass is 9.78. The van der Waals surface area contributed by atoms with Gasteiger partial charge in [0, 0.05) is 52.5 Å². The van der Waals surface area contributed by atoms with Crippen LogP contribution in [-0.4, -0.2) is 55.1 Å². The van der Waals surface area contributed by atoms with Gasteiger partial charge in [0.1, 0.15) is 6.54 Å². The molecule has 2 N–H and O–H groups in total. The number of unbranched alkanes of at least 4 members (excludes halogenated alkanes) is 2. The zero-order valence-corrected chi connectivity index (χ0v) is 35.7. The van der Waals surface area contributed by atoms with Gasteiger partial charge in [0.15, 0.2) is 5.71 Å². The van der Waals surface area contributed by atoms with Gasteiger partial charge >= 0.3 is 0 Å². The molecule has 4 aromatic carbocycles. The summed E-state index contributed by atoms with van der Waals surface area (Å²) in [5, 5.41) is 4.84. The Morgan fingerprint density at radius 2 is 1.54 bits per heavy atom. The third-order valence-electron chi connectivity index (χ3n) is 12.0. The molecule has 0 unspecified atom stereocenters. The van der Waals surface area contributed by atoms with E-state index in [2.05, 4.69) is 105 Å². The van der Waals surface area contributed by atoms with Crippen molar-refractivity contribution in [2.75, 3.05) is 23.7 Å². The summed E-state index contributed by atoms with van der Waals surface area (Å²) in [6.07, 6.45) is 14.4. The van der Waals surface area contributed by atoms with E-state index in [0.717, 1.165) is 77.2 Å². The van der Waals surface area contributed by atoms with Gasteiger partial charge in [0.05, 0.1) is 16.1 Å². The fourth-order valence-corrected chi connectivity index (χ4v) is 10.6. The van der Waals surface area contributed by atoms with E-state index in [-0.39, 0.29) is 16.1 Å². The molecule has 0 atom stereocenters. The highest BCUT2D eigenvalue weighted by atomic mass is 35.5. The minimum Gasteiger partial charge on any atom is -0.344 e. The summed E-state index contributed by atoms with van der Waals surface area (Å²) in [6.45, 7) is 12.6. The summed E-state index contributed by atoms with van der Waals surface area (Å²) in [5.41, 5.74) is 8.25. The second kappa shape index (κ2) is 15.6. The summed E-state index contributed by atoms with van der Waals surface area (Å²) in [4.78, 5) is 2.03. The van der Waals surface area contributed by atoms with Crippen LogP contribution in [0.25, 0.3) is 21.5 Å². The SMILES string of the molecule is CCCC[N+]1=C(/C=C/C2=C(Cl)C(=C/C=C3/N(CCCCS(=O)(=O)O)c4ccc5cc(S(=O)(=O)O)ccc5c4C3(C)C)/CCC2)C(C)(C)c2c1ccc1ccccc21. The molecule has 0 spiro atoms. The number of fused-ring (bicyclic) bond motifs is 6. The Hall–Kier alpha value is -4.06. The quantitative estimate of drug-likeness (QED) is 0.0830. The Balaban J connectivity index is 1.26. The van der Waals surface area contributed by atoms with Crippen LogP contribution < -0.4 is 4.90 Å². The predicted molar refractivity (Wildman–Crippen MR) is 233 cm³/mol. The van der Waals surface area contributed by atoms with E-state index in [0.29, 0.717) is 24.8 Å². The van der Waals surface area contributed by atoms with E-state index in [1.165, 1.54) is 39.9 Å². The van der Waals surface area contributed by atoms with Crippen molar-refractivity contribution in [2.45, 2.75) is 95.3 Å². The normalized spacial score (nSPS) is 19.5. The first kappa shape index (κ1) is 41.1. The molecule has 8 nitrogen and oxygen atoms in total. The fourth-order valence-electron chi connectivity index (χ4n) is 9.19. The summed E-state index contributed by atoms with van der Waals surface area (Å²) < 4.78 is 68.6. The van der Waals surface area contributed by atoms with Gasteiger partial charge in [-0.1, -0.05) is 87.3 Å². The van der Waals surface area contributed by atoms with Gasteiger partial charge in [-0.2, -0.15) is 21.4 Å². The molecule has 3 aliphatic rings. The minimum atomic E-state index is -4.38. The number of nitrogens with zero attached hydrogens (tertiary/aromatic N) is 2. The topological polar surface area (TPSA) is 115 Å². The van der Waals surface area contributed by atoms with Crippen molar-refractivity contribution in [2.24, 2.45) is 0 Å². The molecule has 0 saturated heterocycles. The van der Waals surface area contributed by atoms with Crippen LogP contribution in [0.5, 0.6) is 0 Å². The maximum absolute atomic E-state index is 12.0. The van der Waals surface area contributed by atoms with Gasteiger partial charge in [-0.05, 0) is 115 Å². The molecule has 0 amide bonds. The van der Waals surface area contributed by atoms with E-state index < -0.39 is 25.7 Å². The molecule has 0 radical (unpaired) electrons. The van der Waals surface area contributed by atoms with Crippen molar-refractivity contribution in [3.05, 3.63) is 124 Å². The first-order chi connectivity index (χ1) is 26.9. The van der Waals surface area contributed by atoms with E-state index >= 15 is 0 Å². The van der Waals surface area contributed by atoms with Gasteiger partial charge in [0.2, 0.25) is 5.69 Å². The second-order valence-electron chi connectivity index (χ2n) is 16.6. The van der Waals surface area contributed by atoms with Crippen molar-refractivity contribution < 1.29 is 30.5 Å². The fraction of sp³-hybridized carbons (Fsp3) is 0.370. The zero-order valence-electron chi connectivity index (χ0n) is 33.3. The van der Waals surface area contributed by atoms with Crippen LogP contribution in [0.2, 0.25) is 0 Å². The number of rotatable bonds is 12. The van der Waals surface area contributed by atoms with Crippen LogP contribution in [0.1, 0.15) is 90.7 Å². The summed E-state index contributed by atoms with van der Waals surface area (Å²) in [5.74, 6) is -0.317. The van der Waals surface area contributed by atoms with Crippen LogP contribution in [0, 0.1) is 0 Å². The number of allylic oxidation sites excluding steroid dienone is 8. The smallest absolute Gasteiger partial charge is 0.294 e. The maximum Gasteiger partial charge on any atom is 0.294 e. The standard InChI is InChI=1S/C46H51ClN2O6S2/c1-6-7-27-48-38-23-17-31-13-8-9-16-36(31)42(38)45(2,3)40(48)25-19-32-14-12-15-33(44(32)47)20-26-41-46(4,5)43-37-22-21-35(57(53,54)55)30-34(37)18-24-39(43)49(41)28-10-11-29-56(50,51)52/h8-9,13,16-26,30H,6-7,10-12,14-15,27-29H2,1-5H3,(H-,50,51,52,53,54,55)/p+1. The maximum atomic E-state index is 12.0. The molecule has 300 valence electrons.